The number of halogens is 4. The zero-order chi connectivity index (χ0) is 11.1. The molecule has 1 heterocycles. The monoisotopic (exact) mass is 275 g/mol. The first-order valence-corrected chi connectivity index (χ1v) is 4.89. The van der Waals surface area contributed by atoms with Crippen LogP contribution in [0, 0.1) is 0 Å². The first-order valence-electron chi connectivity index (χ1n) is 4.09. The maximum atomic E-state index is 12.6. The molecule has 1 aromatic carbocycles. The molecule has 15 heavy (non-hydrogen) atoms. The average Bonchev–Trinajstić information content (AvgIpc) is 2.17. The summed E-state index contributed by atoms with van der Waals surface area (Å²) < 4.78 is 38.5. The van der Waals surface area contributed by atoms with E-state index in [0.29, 0.717) is 9.86 Å². The van der Waals surface area contributed by atoms with E-state index < -0.39 is 11.7 Å². The molecule has 78 valence electrons. The highest BCUT2D eigenvalue weighted by atomic mass is 79.9. The largest absolute Gasteiger partial charge is 0.417 e. The molecular weight excluding hydrogens is 271 g/mol. The van der Waals surface area contributed by atoms with E-state index in [1.807, 2.05) is 0 Å². The van der Waals surface area contributed by atoms with E-state index in [1.165, 1.54) is 18.5 Å². The van der Waals surface area contributed by atoms with E-state index in [9.17, 15) is 13.2 Å². The Morgan fingerprint density at radius 2 is 1.80 bits per heavy atom. The smallest absolute Gasteiger partial charge is 0.264 e. The lowest BCUT2D eigenvalue weighted by Gasteiger charge is -2.10. The summed E-state index contributed by atoms with van der Waals surface area (Å²) in [6.07, 6.45) is -1.65. The molecule has 1 nitrogen and oxygen atoms in total. The van der Waals surface area contributed by atoms with Crippen LogP contribution in [0.4, 0.5) is 13.2 Å². The summed E-state index contributed by atoms with van der Waals surface area (Å²) in [5.41, 5.74) is -0.659. The summed E-state index contributed by atoms with van der Waals surface area (Å²) in [5.74, 6) is 0. The molecule has 0 aliphatic carbocycles. The van der Waals surface area contributed by atoms with Crippen LogP contribution in [0.15, 0.2) is 35.1 Å². The maximum Gasteiger partial charge on any atom is 0.417 e. The van der Waals surface area contributed by atoms with Gasteiger partial charge in [-0.3, -0.25) is 4.98 Å². The highest BCUT2D eigenvalue weighted by molar-refractivity contribution is 9.10. The molecule has 1 aromatic heterocycles. The molecule has 0 saturated heterocycles. The van der Waals surface area contributed by atoms with Gasteiger partial charge in [-0.05, 0) is 23.6 Å². The molecule has 0 saturated carbocycles. The van der Waals surface area contributed by atoms with Gasteiger partial charge in [0.2, 0.25) is 0 Å². The topological polar surface area (TPSA) is 12.9 Å². The van der Waals surface area contributed by atoms with Crippen molar-refractivity contribution in [1.29, 1.82) is 0 Å². The third-order valence-corrected chi connectivity index (χ3v) is 2.76. The van der Waals surface area contributed by atoms with Crippen LogP contribution in [0.25, 0.3) is 10.8 Å². The molecule has 0 spiro atoms. The molecule has 0 bridgehead atoms. The van der Waals surface area contributed by atoms with Crippen LogP contribution in [0.2, 0.25) is 0 Å². The van der Waals surface area contributed by atoms with Crippen LogP contribution in [-0.4, -0.2) is 4.98 Å². The van der Waals surface area contributed by atoms with Crippen molar-refractivity contribution in [3.63, 3.8) is 0 Å². The van der Waals surface area contributed by atoms with Gasteiger partial charge in [-0.15, -0.1) is 0 Å². The Balaban J connectivity index is 2.84. The molecule has 0 atom stereocenters. The minimum absolute atomic E-state index is 0.111. The third kappa shape index (κ3) is 1.84. The molecule has 0 unspecified atom stereocenters. The predicted molar refractivity (Wildman–Crippen MR) is 54.4 cm³/mol. The van der Waals surface area contributed by atoms with Crippen LogP contribution in [0.1, 0.15) is 5.56 Å². The van der Waals surface area contributed by atoms with Crippen molar-refractivity contribution in [1.82, 2.24) is 4.98 Å². The van der Waals surface area contributed by atoms with Gasteiger partial charge < -0.3 is 0 Å². The second-order valence-corrected chi connectivity index (χ2v) is 3.87. The lowest BCUT2D eigenvalue weighted by Crippen LogP contribution is -2.05. The van der Waals surface area contributed by atoms with Crippen molar-refractivity contribution in [3.05, 3.63) is 40.6 Å². The summed E-state index contributed by atoms with van der Waals surface area (Å²) in [7, 11) is 0. The Morgan fingerprint density at radius 1 is 1.07 bits per heavy atom. The Labute approximate surface area is 92.1 Å². The Kier molecular flexibility index (Phi) is 2.42. The Bertz CT molecular complexity index is 507. The van der Waals surface area contributed by atoms with Crippen LogP contribution in [0.5, 0.6) is 0 Å². The van der Waals surface area contributed by atoms with E-state index in [0.717, 1.165) is 6.07 Å². The standard InChI is InChI=1S/C10H5BrF3N/c11-9-2-1-8(10(12,13)14)7-5-15-4-3-6(7)9/h1-5H. The maximum absolute atomic E-state index is 12.6. The number of pyridine rings is 1. The van der Waals surface area contributed by atoms with Gasteiger partial charge in [-0.25, -0.2) is 0 Å². The lowest BCUT2D eigenvalue weighted by molar-refractivity contribution is -0.136. The van der Waals surface area contributed by atoms with E-state index in [2.05, 4.69) is 20.9 Å². The quantitative estimate of drug-likeness (QED) is 0.708. The number of hydrogen-bond acceptors (Lipinski definition) is 1. The summed E-state index contributed by atoms with van der Waals surface area (Å²) in [6.45, 7) is 0. The second-order valence-electron chi connectivity index (χ2n) is 3.01. The highest BCUT2D eigenvalue weighted by Gasteiger charge is 2.32. The zero-order valence-electron chi connectivity index (χ0n) is 7.35. The van der Waals surface area contributed by atoms with Crippen molar-refractivity contribution in [2.45, 2.75) is 6.18 Å². The Morgan fingerprint density at radius 3 is 2.47 bits per heavy atom. The van der Waals surface area contributed by atoms with Crippen molar-refractivity contribution in [2.75, 3.05) is 0 Å². The zero-order valence-corrected chi connectivity index (χ0v) is 8.93. The van der Waals surface area contributed by atoms with Gasteiger partial charge in [0.15, 0.2) is 0 Å². The van der Waals surface area contributed by atoms with Crippen molar-refractivity contribution in [2.24, 2.45) is 0 Å². The third-order valence-electron chi connectivity index (χ3n) is 2.07. The highest BCUT2D eigenvalue weighted by Crippen LogP contribution is 2.36. The number of alkyl halides is 3. The van der Waals surface area contributed by atoms with Gasteiger partial charge >= 0.3 is 6.18 Å². The second kappa shape index (κ2) is 3.48. The van der Waals surface area contributed by atoms with Crippen LogP contribution in [0.3, 0.4) is 0 Å². The van der Waals surface area contributed by atoms with Gasteiger partial charge in [-0.1, -0.05) is 15.9 Å². The van der Waals surface area contributed by atoms with Gasteiger partial charge in [0.05, 0.1) is 5.56 Å². The molecule has 0 amide bonds. The van der Waals surface area contributed by atoms with E-state index in [4.69, 9.17) is 0 Å². The molecule has 0 fully saturated rings. The number of nitrogens with zero attached hydrogens (tertiary/aromatic N) is 1. The van der Waals surface area contributed by atoms with Crippen molar-refractivity contribution < 1.29 is 13.2 Å². The van der Waals surface area contributed by atoms with Crippen LogP contribution in [-0.2, 0) is 6.18 Å². The summed E-state index contributed by atoms with van der Waals surface area (Å²) in [4.78, 5) is 3.71. The van der Waals surface area contributed by atoms with E-state index in [1.54, 1.807) is 6.07 Å². The molecule has 0 aliphatic rings. The normalized spacial score (nSPS) is 12.0. The molecule has 2 aromatic rings. The van der Waals surface area contributed by atoms with Gasteiger partial charge in [0.1, 0.15) is 0 Å². The SMILES string of the molecule is FC(F)(F)c1ccc(Br)c2ccncc12. The number of benzene rings is 1. The lowest BCUT2D eigenvalue weighted by atomic mass is 10.1. The number of aromatic nitrogens is 1. The number of hydrogen-bond donors (Lipinski definition) is 0. The van der Waals surface area contributed by atoms with Crippen LogP contribution >= 0.6 is 15.9 Å². The predicted octanol–water partition coefficient (Wildman–Crippen LogP) is 4.02. The molecule has 2 rings (SSSR count). The minimum atomic E-state index is -4.35. The number of fused-ring (bicyclic) bond motifs is 1. The average molecular weight is 276 g/mol. The van der Waals surface area contributed by atoms with Gasteiger partial charge in [0, 0.05) is 22.3 Å². The fourth-order valence-electron chi connectivity index (χ4n) is 1.40. The van der Waals surface area contributed by atoms with E-state index >= 15 is 0 Å². The minimum Gasteiger partial charge on any atom is -0.264 e. The first-order chi connectivity index (χ1) is 7.00. The molecule has 0 N–H and O–H groups in total. The first kappa shape index (κ1) is 10.4. The van der Waals surface area contributed by atoms with E-state index in [-0.39, 0.29) is 5.39 Å². The molecule has 5 heteroatoms. The van der Waals surface area contributed by atoms with Crippen LogP contribution < -0.4 is 0 Å². The van der Waals surface area contributed by atoms with Crippen molar-refractivity contribution in [3.8, 4) is 0 Å². The molecule has 0 aliphatic heterocycles. The molecular formula is C10H5BrF3N. The molecule has 0 radical (unpaired) electrons. The summed E-state index contributed by atoms with van der Waals surface area (Å²) in [6, 6.07) is 3.99. The summed E-state index contributed by atoms with van der Waals surface area (Å²) >= 11 is 3.20. The Hall–Kier alpha value is -1.10. The van der Waals surface area contributed by atoms with Crippen molar-refractivity contribution >= 4 is 26.7 Å². The van der Waals surface area contributed by atoms with Gasteiger partial charge in [0.25, 0.3) is 0 Å². The summed E-state index contributed by atoms with van der Waals surface area (Å²) in [5, 5.41) is 0.624. The fraction of sp³-hybridized carbons (Fsp3) is 0.100. The fourth-order valence-corrected chi connectivity index (χ4v) is 1.88. The number of rotatable bonds is 0. The van der Waals surface area contributed by atoms with Gasteiger partial charge in [-0.2, -0.15) is 13.2 Å².